The predicted octanol–water partition coefficient (Wildman–Crippen LogP) is 1.53. The molecule has 40 valence electrons. The van der Waals surface area contributed by atoms with Crippen molar-refractivity contribution in [3.05, 3.63) is 11.1 Å². The average Bonchev–Trinajstić information content (AvgIpc) is 1.87. The number of hydrogen-bond acceptors (Lipinski definition) is 2. The van der Waals surface area contributed by atoms with Crippen LogP contribution in [0.15, 0.2) is 11.1 Å². The second-order valence-corrected chi connectivity index (χ2v) is 3.27. The lowest BCUT2D eigenvalue weighted by molar-refractivity contribution is 0.873. The maximum absolute atomic E-state index is 3.17. The SMILES string of the molecule is CC1=CNC(C)S1. The molecule has 7 heavy (non-hydrogen) atoms. The molecular formula is C5H9NS. The van der Waals surface area contributed by atoms with Crippen LogP contribution in [0.3, 0.4) is 0 Å². The number of nitrogens with one attached hydrogen (secondary N) is 1. The standard InChI is InChI=1S/C5H9NS/c1-4-3-6-5(2)7-4/h3,5-6H,1-2H3. The quantitative estimate of drug-likeness (QED) is 0.514. The van der Waals surface area contributed by atoms with Crippen molar-refractivity contribution in [2.75, 3.05) is 0 Å². The van der Waals surface area contributed by atoms with Gasteiger partial charge in [-0.15, -0.1) is 11.8 Å². The Hall–Kier alpha value is -0.110. The molecule has 1 nitrogen and oxygen atoms in total. The van der Waals surface area contributed by atoms with E-state index in [-0.39, 0.29) is 0 Å². The van der Waals surface area contributed by atoms with E-state index in [0.29, 0.717) is 5.37 Å². The van der Waals surface area contributed by atoms with Gasteiger partial charge in [-0.05, 0) is 18.8 Å². The van der Waals surface area contributed by atoms with Gasteiger partial charge in [0, 0.05) is 6.20 Å². The maximum atomic E-state index is 3.17. The van der Waals surface area contributed by atoms with Crippen molar-refractivity contribution < 1.29 is 0 Å². The summed E-state index contributed by atoms with van der Waals surface area (Å²) in [4.78, 5) is 1.38. The third-order valence-electron chi connectivity index (χ3n) is 0.884. The molecule has 0 aromatic heterocycles. The van der Waals surface area contributed by atoms with Gasteiger partial charge in [0.15, 0.2) is 0 Å². The molecule has 0 spiro atoms. The molecule has 1 rings (SSSR count). The van der Waals surface area contributed by atoms with Crippen molar-refractivity contribution in [2.45, 2.75) is 19.2 Å². The molecule has 0 fully saturated rings. The fourth-order valence-electron chi connectivity index (χ4n) is 0.582. The molecule has 1 unspecified atom stereocenters. The van der Waals surface area contributed by atoms with Crippen molar-refractivity contribution in [2.24, 2.45) is 0 Å². The first-order valence-corrected chi connectivity index (χ1v) is 3.26. The highest BCUT2D eigenvalue weighted by molar-refractivity contribution is 8.03. The fraction of sp³-hybridized carbons (Fsp3) is 0.600. The first kappa shape index (κ1) is 5.04. The third kappa shape index (κ3) is 1.13. The van der Waals surface area contributed by atoms with Crippen molar-refractivity contribution in [1.29, 1.82) is 0 Å². The monoisotopic (exact) mass is 115 g/mol. The van der Waals surface area contributed by atoms with Crippen LogP contribution in [0.2, 0.25) is 0 Å². The van der Waals surface area contributed by atoms with E-state index in [1.807, 2.05) is 11.8 Å². The first-order chi connectivity index (χ1) is 3.29. The molecule has 1 heterocycles. The molecule has 2 heteroatoms. The van der Waals surface area contributed by atoms with Gasteiger partial charge in [-0.2, -0.15) is 0 Å². The van der Waals surface area contributed by atoms with Crippen LogP contribution in [-0.2, 0) is 0 Å². The first-order valence-electron chi connectivity index (χ1n) is 2.38. The predicted molar refractivity (Wildman–Crippen MR) is 33.9 cm³/mol. The Morgan fingerprint density at radius 1 is 1.86 bits per heavy atom. The molecule has 1 N–H and O–H groups in total. The maximum Gasteiger partial charge on any atom is 0.0733 e. The molecule has 0 aliphatic carbocycles. The number of rotatable bonds is 0. The van der Waals surface area contributed by atoms with E-state index >= 15 is 0 Å². The summed E-state index contributed by atoms with van der Waals surface area (Å²) in [5, 5.41) is 3.77. The van der Waals surface area contributed by atoms with Crippen LogP contribution in [0.4, 0.5) is 0 Å². The smallest absolute Gasteiger partial charge is 0.0733 e. The Morgan fingerprint density at radius 3 is 2.71 bits per heavy atom. The van der Waals surface area contributed by atoms with Gasteiger partial charge in [0.2, 0.25) is 0 Å². The van der Waals surface area contributed by atoms with Crippen molar-refractivity contribution in [3.8, 4) is 0 Å². The normalized spacial score (nSPS) is 29.4. The Labute approximate surface area is 48.2 Å². The molecule has 0 amide bonds. The van der Waals surface area contributed by atoms with Crippen molar-refractivity contribution in [3.63, 3.8) is 0 Å². The van der Waals surface area contributed by atoms with Gasteiger partial charge in [0.05, 0.1) is 5.37 Å². The zero-order valence-corrected chi connectivity index (χ0v) is 5.38. The molecule has 0 saturated carbocycles. The summed E-state index contributed by atoms with van der Waals surface area (Å²) < 4.78 is 0. The minimum atomic E-state index is 0.597. The summed E-state index contributed by atoms with van der Waals surface area (Å²) in [6.45, 7) is 4.26. The van der Waals surface area contributed by atoms with Crippen LogP contribution >= 0.6 is 11.8 Å². The molecule has 0 saturated heterocycles. The van der Waals surface area contributed by atoms with E-state index in [9.17, 15) is 0 Å². The molecule has 0 radical (unpaired) electrons. The largest absolute Gasteiger partial charge is 0.379 e. The fourth-order valence-corrected chi connectivity index (χ4v) is 1.41. The van der Waals surface area contributed by atoms with Crippen LogP contribution < -0.4 is 5.32 Å². The summed E-state index contributed by atoms with van der Waals surface area (Å²) in [5.74, 6) is 0. The van der Waals surface area contributed by atoms with Gasteiger partial charge in [-0.1, -0.05) is 0 Å². The Bertz CT molecular complexity index is 98.3. The summed E-state index contributed by atoms with van der Waals surface area (Å²) >= 11 is 1.87. The average molecular weight is 115 g/mol. The summed E-state index contributed by atoms with van der Waals surface area (Å²) in [6, 6.07) is 0. The zero-order valence-electron chi connectivity index (χ0n) is 4.56. The molecular weight excluding hydrogens is 106 g/mol. The minimum absolute atomic E-state index is 0.597. The molecule has 1 aliphatic heterocycles. The van der Waals surface area contributed by atoms with Crippen LogP contribution in [0.5, 0.6) is 0 Å². The Balaban J connectivity index is 2.42. The van der Waals surface area contributed by atoms with Gasteiger partial charge >= 0.3 is 0 Å². The molecule has 1 aliphatic rings. The van der Waals surface area contributed by atoms with Crippen molar-refractivity contribution in [1.82, 2.24) is 5.32 Å². The molecule has 1 atom stereocenters. The van der Waals surface area contributed by atoms with E-state index in [1.54, 1.807) is 0 Å². The lowest BCUT2D eigenvalue weighted by Gasteiger charge is -1.97. The number of allylic oxidation sites excluding steroid dienone is 1. The summed E-state index contributed by atoms with van der Waals surface area (Å²) in [6.07, 6.45) is 2.05. The van der Waals surface area contributed by atoms with Crippen LogP contribution in [0.25, 0.3) is 0 Å². The highest BCUT2D eigenvalue weighted by Gasteiger charge is 2.05. The van der Waals surface area contributed by atoms with Gasteiger partial charge in [0.25, 0.3) is 0 Å². The van der Waals surface area contributed by atoms with Gasteiger partial charge in [0.1, 0.15) is 0 Å². The van der Waals surface area contributed by atoms with E-state index in [1.165, 1.54) is 4.91 Å². The highest BCUT2D eigenvalue weighted by Crippen LogP contribution is 2.23. The van der Waals surface area contributed by atoms with E-state index in [2.05, 4.69) is 25.4 Å². The Kier molecular flexibility index (Phi) is 1.28. The van der Waals surface area contributed by atoms with E-state index in [0.717, 1.165) is 0 Å². The van der Waals surface area contributed by atoms with E-state index in [4.69, 9.17) is 0 Å². The molecule has 0 aromatic carbocycles. The highest BCUT2D eigenvalue weighted by atomic mass is 32.2. The summed E-state index contributed by atoms with van der Waals surface area (Å²) in [5.41, 5.74) is 0. The third-order valence-corrected chi connectivity index (χ3v) is 1.86. The molecule has 0 bridgehead atoms. The van der Waals surface area contributed by atoms with Crippen molar-refractivity contribution >= 4 is 11.8 Å². The molecule has 0 aromatic rings. The van der Waals surface area contributed by atoms with Crippen LogP contribution in [-0.4, -0.2) is 5.37 Å². The zero-order chi connectivity index (χ0) is 5.28. The van der Waals surface area contributed by atoms with Gasteiger partial charge in [-0.3, -0.25) is 0 Å². The lowest BCUT2D eigenvalue weighted by Crippen LogP contribution is -2.09. The minimum Gasteiger partial charge on any atom is -0.379 e. The second-order valence-electron chi connectivity index (χ2n) is 1.68. The second kappa shape index (κ2) is 1.78. The summed E-state index contributed by atoms with van der Waals surface area (Å²) in [7, 11) is 0. The Morgan fingerprint density at radius 2 is 2.57 bits per heavy atom. The number of hydrogen-bond donors (Lipinski definition) is 1. The van der Waals surface area contributed by atoms with Gasteiger partial charge < -0.3 is 5.32 Å². The van der Waals surface area contributed by atoms with Crippen LogP contribution in [0.1, 0.15) is 13.8 Å². The van der Waals surface area contributed by atoms with Gasteiger partial charge in [-0.25, -0.2) is 0 Å². The number of thioether (sulfide) groups is 1. The lowest BCUT2D eigenvalue weighted by atomic mass is 10.6. The van der Waals surface area contributed by atoms with Crippen LogP contribution in [0, 0.1) is 0 Å². The topological polar surface area (TPSA) is 12.0 Å². The van der Waals surface area contributed by atoms with E-state index < -0.39 is 0 Å².